The van der Waals surface area contributed by atoms with Gasteiger partial charge in [-0.2, -0.15) is 0 Å². The Labute approximate surface area is 173 Å². The Bertz CT molecular complexity index is 890. The Kier molecular flexibility index (Phi) is 7.47. The van der Waals surface area contributed by atoms with E-state index in [2.05, 4.69) is 47.3 Å². The smallest absolute Gasteiger partial charge is 0.250 e. The van der Waals surface area contributed by atoms with Crippen molar-refractivity contribution >= 4 is 5.96 Å². The Morgan fingerprint density at radius 3 is 2.86 bits per heavy atom. The van der Waals surface area contributed by atoms with Crippen LogP contribution in [0.1, 0.15) is 35.6 Å². The number of hydrogen-bond donors (Lipinski definition) is 1. The number of aliphatic imine (C=N–C) groups is 1. The fraction of sp³-hybridized carbons (Fsp3) is 0.478. The van der Waals surface area contributed by atoms with Crippen LogP contribution >= 0.6 is 0 Å². The predicted molar refractivity (Wildman–Crippen MR) is 117 cm³/mol. The standard InChI is InChI=1S/C23H32N4O2/c1-18-9-10-20(19(2)16-18)21-17-27(14-15-29-21)23(24-3)25-11-5-7-13-26-12-6-4-8-22(26)28/h4,6,8-10,12,16,21H,5,7,11,13-15,17H2,1-3H3,(H,24,25). The molecule has 3 rings (SSSR count). The minimum absolute atomic E-state index is 0.0574. The van der Waals surface area contributed by atoms with Crippen molar-refractivity contribution in [3.05, 3.63) is 69.6 Å². The molecule has 29 heavy (non-hydrogen) atoms. The first-order chi connectivity index (χ1) is 14.1. The maximum atomic E-state index is 11.7. The van der Waals surface area contributed by atoms with Crippen LogP contribution in [0.5, 0.6) is 0 Å². The average Bonchev–Trinajstić information content (AvgIpc) is 2.72. The number of aromatic nitrogens is 1. The van der Waals surface area contributed by atoms with Crippen LogP contribution in [-0.2, 0) is 11.3 Å². The van der Waals surface area contributed by atoms with E-state index in [4.69, 9.17) is 4.74 Å². The first kappa shape index (κ1) is 21.1. The van der Waals surface area contributed by atoms with Crippen molar-refractivity contribution in [1.29, 1.82) is 0 Å². The molecule has 1 aromatic carbocycles. The quantitative estimate of drug-likeness (QED) is 0.463. The number of unbranched alkanes of at least 4 members (excludes halogenated alkanes) is 1. The number of ether oxygens (including phenoxy) is 1. The molecule has 1 atom stereocenters. The van der Waals surface area contributed by atoms with Gasteiger partial charge in [0.15, 0.2) is 5.96 Å². The molecule has 1 fully saturated rings. The highest BCUT2D eigenvalue weighted by atomic mass is 16.5. The second-order valence-electron chi connectivity index (χ2n) is 7.58. The summed E-state index contributed by atoms with van der Waals surface area (Å²) >= 11 is 0. The number of nitrogens with one attached hydrogen (secondary N) is 1. The van der Waals surface area contributed by atoms with E-state index in [1.54, 1.807) is 16.7 Å². The topological polar surface area (TPSA) is 58.9 Å². The molecule has 6 heteroatoms. The van der Waals surface area contributed by atoms with E-state index in [0.29, 0.717) is 6.61 Å². The van der Waals surface area contributed by atoms with Crippen molar-refractivity contribution in [2.24, 2.45) is 4.99 Å². The third-order valence-electron chi connectivity index (χ3n) is 5.36. The zero-order valence-corrected chi connectivity index (χ0v) is 17.7. The van der Waals surface area contributed by atoms with E-state index in [1.165, 1.54) is 16.7 Å². The Morgan fingerprint density at radius 2 is 2.10 bits per heavy atom. The van der Waals surface area contributed by atoms with Gasteiger partial charge in [-0.1, -0.05) is 29.8 Å². The van der Waals surface area contributed by atoms with Crippen molar-refractivity contribution < 1.29 is 4.74 Å². The molecule has 1 saturated heterocycles. The lowest BCUT2D eigenvalue weighted by molar-refractivity contribution is -0.00831. The Morgan fingerprint density at radius 1 is 1.24 bits per heavy atom. The fourth-order valence-electron chi connectivity index (χ4n) is 3.80. The molecule has 1 aliphatic heterocycles. The molecule has 0 spiro atoms. The number of morpholine rings is 1. The Hall–Kier alpha value is -2.60. The minimum Gasteiger partial charge on any atom is -0.370 e. The van der Waals surface area contributed by atoms with Crippen molar-refractivity contribution in [3.8, 4) is 0 Å². The van der Waals surface area contributed by atoms with Crippen LogP contribution in [0.2, 0.25) is 0 Å². The molecular weight excluding hydrogens is 364 g/mol. The Balaban J connectivity index is 1.49. The van der Waals surface area contributed by atoms with Gasteiger partial charge in [0.1, 0.15) is 6.10 Å². The normalized spacial score (nSPS) is 17.4. The lowest BCUT2D eigenvalue weighted by Crippen LogP contribution is -2.48. The van der Waals surface area contributed by atoms with E-state index in [0.717, 1.165) is 45.0 Å². The number of pyridine rings is 1. The maximum Gasteiger partial charge on any atom is 0.250 e. The van der Waals surface area contributed by atoms with Crippen molar-refractivity contribution in [2.75, 3.05) is 33.3 Å². The third kappa shape index (κ3) is 5.70. The zero-order valence-electron chi connectivity index (χ0n) is 17.7. The van der Waals surface area contributed by atoms with Gasteiger partial charge in [-0.3, -0.25) is 9.79 Å². The summed E-state index contributed by atoms with van der Waals surface area (Å²) in [4.78, 5) is 18.5. The van der Waals surface area contributed by atoms with Crippen molar-refractivity contribution in [3.63, 3.8) is 0 Å². The number of guanidine groups is 1. The number of rotatable bonds is 6. The molecule has 1 aromatic heterocycles. The van der Waals surface area contributed by atoms with Crippen LogP contribution in [0.3, 0.4) is 0 Å². The van der Waals surface area contributed by atoms with E-state index in [9.17, 15) is 4.79 Å². The molecule has 1 unspecified atom stereocenters. The molecule has 0 radical (unpaired) electrons. The maximum absolute atomic E-state index is 11.7. The van der Waals surface area contributed by atoms with Crippen molar-refractivity contribution in [1.82, 2.24) is 14.8 Å². The molecule has 6 nitrogen and oxygen atoms in total. The molecular formula is C23H32N4O2. The molecule has 0 aliphatic carbocycles. The van der Waals surface area contributed by atoms with Crippen LogP contribution in [0.4, 0.5) is 0 Å². The van der Waals surface area contributed by atoms with Crippen molar-refractivity contribution in [2.45, 2.75) is 39.3 Å². The van der Waals surface area contributed by atoms with Gasteiger partial charge in [-0.05, 0) is 43.9 Å². The lowest BCUT2D eigenvalue weighted by atomic mass is 10.00. The number of hydrogen-bond acceptors (Lipinski definition) is 3. The number of benzene rings is 1. The number of nitrogens with zero attached hydrogens (tertiary/aromatic N) is 3. The third-order valence-corrected chi connectivity index (χ3v) is 5.36. The molecule has 2 aromatic rings. The summed E-state index contributed by atoms with van der Waals surface area (Å²) in [5.41, 5.74) is 3.86. The zero-order chi connectivity index (χ0) is 20.6. The van der Waals surface area contributed by atoms with E-state index in [-0.39, 0.29) is 11.7 Å². The SMILES string of the molecule is CN=C(NCCCCn1ccccc1=O)N1CCOC(c2ccc(C)cc2C)C1. The lowest BCUT2D eigenvalue weighted by Gasteiger charge is -2.36. The summed E-state index contributed by atoms with van der Waals surface area (Å²) in [5, 5.41) is 3.47. The fourth-order valence-corrected chi connectivity index (χ4v) is 3.80. The second-order valence-corrected chi connectivity index (χ2v) is 7.58. The molecule has 0 bridgehead atoms. The predicted octanol–water partition coefficient (Wildman–Crippen LogP) is 2.89. The first-order valence-electron chi connectivity index (χ1n) is 10.4. The van der Waals surface area contributed by atoms with Gasteiger partial charge in [0.05, 0.1) is 13.2 Å². The van der Waals surface area contributed by atoms with Gasteiger partial charge in [-0.25, -0.2) is 0 Å². The van der Waals surface area contributed by atoms with Crippen LogP contribution < -0.4 is 10.9 Å². The van der Waals surface area contributed by atoms with Crippen LogP contribution in [0.25, 0.3) is 0 Å². The molecule has 1 aliphatic rings. The van der Waals surface area contributed by atoms with Gasteiger partial charge < -0.3 is 19.5 Å². The molecule has 0 saturated carbocycles. The summed E-state index contributed by atoms with van der Waals surface area (Å²) < 4.78 is 7.81. The first-order valence-corrected chi connectivity index (χ1v) is 10.4. The van der Waals surface area contributed by atoms with Crippen LogP contribution in [0.15, 0.2) is 52.4 Å². The highest BCUT2D eigenvalue weighted by molar-refractivity contribution is 5.80. The van der Waals surface area contributed by atoms with Gasteiger partial charge in [0, 0.05) is 38.9 Å². The van der Waals surface area contributed by atoms with Gasteiger partial charge in [0.2, 0.25) is 5.56 Å². The van der Waals surface area contributed by atoms with Gasteiger partial charge in [0.25, 0.3) is 0 Å². The summed E-state index contributed by atoms with van der Waals surface area (Å²) in [6.45, 7) is 8.16. The van der Waals surface area contributed by atoms with E-state index in [1.807, 2.05) is 19.3 Å². The second kappa shape index (κ2) is 10.3. The highest BCUT2D eigenvalue weighted by Gasteiger charge is 2.25. The molecule has 156 valence electrons. The van der Waals surface area contributed by atoms with Gasteiger partial charge >= 0.3 is 0 Å². The van der Waals surface area contributed by atoms with Gasteiger partial charge in [-0.15, -0.1) is 0 Å². The summed E-state index contributed by atoms with van der Waals surface area (Å²) in [6, 6.07) is 11.8. The van der Waals surface area contributed by atoms with E-state index >= 15 is 0 Å². The average molecular weight is 397 g/mol. The highest BCUT2D eigenvalue weighted by Crippen LogP contribution is 2.25. The van der Waals surface area contributed by atoms with Crippen LogP contribution in [-0.4, -0.2) is 48.7 Å². The van der Waals surface area contributed by atoms with Crippen LogP contribution in [0, 0.1) is 13.8 Å². The molecule has 0 amide bonds. The summed E-state index contributed by atoms with van der Waals surface area (Å²) in [7, 11) is 1.83. The largest absolute Gasteiger partial charge is 0.370 e. The molecule has 2 heterocycles. The minimum atomic E-state index is 0.0574. The summed E-state index contributed by atoms with van der Waals surface area (Å²) in [5.74, 6) is 0.917. The monoisotopic (exact) mass is 396 g/mol. The molecule has 1 N–H and O–H groups in total. The van der Waals surface area contributed by atoms with E-state index < -0.39 is 0 Å². The summed E-state index contributed by atoms with van der Waals surface area (Å²) in [6.07, 6.45) is 3.83. The number of aryl methyl sites for hydroxylation is 3.